The summed E-state index contributed by atoms with van der Waals surface area (Å²) in [6, 6.07) is 7.58. The number of ether oxygens (including phenoxy) is 1. The molecule has 0 radical (unpaired) electrons. The van der Waals surface area contributed by atoms with Crippen LogP contribution >= 0.6 is 0 Å². The number of carbonyl (C=O) groups is 1. The van der Waals surface area contributed by atoms with Crippen LogP contribution in [0.25, 0.3) is 0 Å². The van der Waals surface area contributed by atoms with Crippen molar-refractivity contribution >= 4 is 5.97 Å². The first-order chi connectivity index (χ1) is 8.70. The van der Waals surface area contributed by atoms with Gasteiger partial charge < -0.3 is 9.84 Å². The standard InChI is InChI=1S/C15H18O3/c16-14(17)12-10-15(8-4-1-5-9-15)18-13-7-3-2-6-11(12)13/h2-3,6-7,12H,1,4-5,8-10H2,(H,16,17). The van der Waals surface area contributed by atoms with Crippen molar-refractivity contribution in [1.29, 1.82) is 0 Å². The Labute approximate surface area is 107 Å². The number of hydrogen-bond acceptors (Lipinski definition) is 2. The molecule has 1 aliphatic carbocycles. The monoisotopic (exact) mass is 246 g/mol. The van der Waals surface area contributed by atoms with Gasteiger partial charge in [0.2, 0.25) is 0 Å². The number of rotatable bonds is 1. The first kappa shape index (κ1) is 11.6. The number of para-hydroxylation sites is 1. The van der Waals surface area contributed by atoms with Crippen LogP contribution in [0, 0.1) is 0 Å². The maximum Gasteiger partial charge on any atom is 0.311 e. The van der Waals surface area contributed by atoms with E-state index in [0.717, 1.165) is 37.0 Å². The number of hydrogen-bond donors (Lipinski definition) is 1. The van der Waals surface area contributed by atoms with E-state index in [1.165, 1.54) is 6.42 Å². The van der Waals surface area contributed by atoms with Crippen LogP contribution in [0.15, 0.2) is 24.3 Å². The van der Waals surface area contributed by atoms with Crippen molar-refractivity contribution < 1.29 is 14.6 Å². The van der Waals surface area contributed by atoms with Gasteiger partial charge in [0.05, 0.1) is 5.92 Å². The fourth-order valence-corrected chi connectivity index (χ4v) is 3.34. The van der Waals surface area contributed by atoms with Crippen molar-refractivity contribution in [1.82, 2.24) is 0 Å². The third kappa shape index (κ3) is 1.88. The molecule has 1 saturated carbocycles. The molecule has 1 heterocycles. The Morgan fingerprint density at radius 2 is 1.94 bits per heavy atom. The van der Waals surface area contributed by atoms with E-state index in [-0.39, 0.29) is 5.60 Å². The zero-order chi connectivity index (χ0) is 12.6. The molecule has 3 rings (SSSR count). The Bertz CT molecular complexity index is 461. The van der Waals surface area contributed by atoms with Crippen molar-refractivity contribution in [3.8, 4) is 5.75 Å². The Balaban J connectivity index is 1.99. The largest absolute Gasteiger partial charge is 0.487 e. The summed E-state index contributed by atoms with van der Waals surface area (Å²) >= 11 is 0. The number of carboxylic acid groups (broad SMARTS) is 1. The Morgan fingerprint density at radius 3 is 2.67 bits per heavy atom. The van der Waals surface area contributed by atoms with Gasteiger partial charge in [-0.05, 0) is 31.7 Å². The predicted octanol–water partition coefficient (Wildman–Crippen LogP) is 3.34. The maximum atomic E-state index is 11.5. The Kier molecular flexibility index (Phi) is 2.77. The second kappa shape index (κ2) is 4.30. The van der Waals surface area contributed by atoms with Gasteiger partial charge in [0.25, 0.3) is 0 Å². The zero-order valence-electron chi connectivity index (χ0n) is 10.4. The second-order valence-corrected chi connectivity index (χ2v) is 5.48. The quantitative estimate of drug-likeness (QED) is 0.826. The molecule has 1 aromatic carbocycles. The number of carboxylic acids is 1. The fraction of sp³-hybridized carbons (Fsp3) is 0.533. The van der Waals surface area contributed by atoms with Crippen LogP contribution in [0.4, 0.5) is 0 Å². The van der Waals surface area contributed by atoms with Gasteiger partial charge in [-0.1, -0.05) is 24.6 Å². The van der Waals surface area contributed by atoms with Crippen LogP contribution < -0.4 is 4.74 Å². The molecule has 18 heavy (non-hydrogen) atoms. The van der Waals surface area contributed by atoms with Crippen LogP contribution in [0.2, 0.25) is 0 Å². The molecule has 1 atom stereocenters. The van der Waals surface area contributed by atoms with Gasteiger partial charge in [0, 0.05) is 12.0 Å². The lowest BCUT2D eigenvalue weighted by molar-refractivity contribution is -0.141. The van der Waals surface area contributed by atoms with E-state index in [1.807, 2.05) is 24.3 Å². The Hall–Kier alpha value is -1.51. The highest BCUT2D eigenvalue weighted by molar-refractivity contribution is 5.78. The molecular weight excluding hydrogens is 228 g/mol. The van der Waals surface area contributed by atoms with E-state index in [2.05, 4.69) is 0 Å². The van der Waals surface area contributed by atoms with Crippen molar-refractivity contribution in [3.05, 3.63) is 29.8 Å². The minimum absolute atomic E-state index is 0.227. The molecule has 1 aliphatic heterocycles. The molecule has 1 spiro atoms. The van der Waals surface area contributed by atoms with Gasteiger partial charge in [-0.15, -0.1) is 0 Å². The van der Waals surface area contributed by atoms with Gasteiger partial charge in [-0.25, -0.2) is 0 Å². The average Bonchev–Trinajstić information content (AvgIpc) is 2.38. The predicted molar refractivity (Wildman–Crippen MR) is 67.9 cm³/mol. The van der Waals surface area contributed by atoms with Crippen molar-refractivity contribution in [2.24, 2.45) is 0 Å². The van der Waals surface area contributed by atoms with Crippen molar-refractivity contribution in [2.75, 3.05) is 0 Å². The number of aliphatic carboxylic acids is 1. The summed E-state index contributed by atoms with van der Waals surface area (Å²) in [5.41, 5.74) is 0.608. The first-order valence-electron chi connectivity index (χ1n) is 6.71. The number of benzene rings is 1. The van der Waals surface area contributed by atoms with Gasteiger partial charge in [-0.2, -0.15) is 0 Å². The highest BCUT2D eigenvalue weighted by Crippen LogP contribution is 2.46. The highest BCUT2D eigenvalue weighted by Gasteiger charge is 2.43. The summed E-state index contributed by atoms with van der Waals surface area (Å²) in [5, 5.41) is 9.44. The zero-order valence-corrected chi connectivity index (χ0v) is 10.4. The molecule has 3 nitrogen and oxygen atoms in total. The van der Waals surface area contributed by atoms with E-state index in [9.17, 15) is 9.90 Å². The fourth-order valence-electron chi connectivity index (χ4n) is 3.34. The molecule has 1 unspecified atom stereocenters. The molecule has 1 fully saturated rings. The minimum Gasteiger partial charge on any atom is -0.487 e. The summed E-state index contributed by atoms with van der Waals surface area (Å²) in [5.74, 6) is -0.359. The lowest BCUT2D eigenvalue weighted by Crippen LogP contribution is -2.44. The molecule has 0 saturated heterocycles. The van der Waals surface area contributed by atoms with Crippen LogP contribution in [-0.2, 0) is 4.79 Å². The van der Waals surface area contributed by atoms with Crippen molar-refractivity contribution in [2.45, 2.75) is 50.0 Å². The maximum absolute atomic E-state index is 11.5. The molecule has 96 valence electrons. The summed E-state index contributed by atoms with van der Waals surface area (Å²) < 4.78 is 6.18. The van der Waals surface area contributed by atoms with E-state index in [4.69, 9.17) is 4.74 Å². The average molecular weight is 246 g/mol. The SMILES string of the molecule is O=C(O)C1CC2(CCCCC2)Oc2ccccc21. The molecule has 0 aromatic heterocycles. The third-order valence-electron chi connectivity index (χ3n) is 4.26. The van der Waals surface area contributed by atoms with E-state index >= 15 is 0 Å². The van der Waals surface area contributed by atoms with Crippen LogP contribution in [0.3, 0.4) is 0 Å². The van der Waals surface area contributed by atoms with Crippen molar-refractivity contribution in [3.63, 3.8) is 0 Å². The van der Waals surface area contributed by atoms with Gasteiger partial charge in [0.15, 0.2) is 0 Å². The Morgan fingerprint density at radius 1 is 1.22 bits per heavy atom. The lowest BCUT2D eigenvalue weighted by atomic mass is 9.74. The molecule has 2 aliphatic rings. The first-order valence-corrected chi connectivity index (χ1v) is 6.71. The third-order valence-corrected chi connectivity index (χ3v) is 4.26. The normalized spacial score (nSPS) is 25.2. The topological polar surface area (TPSA) is 46.5 Å². The molecule has 0 bridgehead atoms. The molecule has 1 aromatic rings. The molecular formula is C15H18O3. The van der Waals surface area contributed by atoms with Gasteiger partial charge in [0.1, 0.15) is 11.4 Å². The summed E-state index contributed by atoms with van der Waals surface area (Å²) in [4.78, 5) is 11.5. The molecule has 1 N–H and O–H groups in total. The smallest absolute Gasteiger partial charge is 0.311 e. The van der Waals surface area contributed by atoms with Crippen LogP contribution in [0.1, 0.15) is 50.0 Å². The van der Waals surface area contributed by atoms with Gasteiger partial charge >= 0.3 is 5.97 Å². The minimum atomic E-state index is -0.726. The summed E-state index contributed by atoms with van der Waals surface area (Å²) in [6.07, 6.45) is 6.14. The lowest BCUT2D eigenvalue weighted by Gasteiger charge is -2.43. The van der Waals surface area contributed by atoms with Gasteiger partial charge in [-0.3, -0.25) is 4.79 Å². The summed E-state index contributed by atoms with van der Waals surface area (Å²) in [6.45, 7) is 0. The van der Waals surface area contributed by atoms with E-state index in [1.54, 1.807) is 0 Å². The van der Waals surface area contributed by atoms with Crippen LogP contribution in [0.5, 0.6) is 5.75 Å². The second-order valence-electron chi connectivity index (χ2n) is 5.48. The molecule has 3 heteroatoms. The number of fused-ring (bicyclic) bond motifs is 1. The van der Waals surface area contributed by atoms with Crippen LogP contribution in [-0.4, -0.2) is 16.7 Å². The van der Waals surface area contributed by atoms with E-state index < -0.39 is 11.9 Å². The molecule has 0 amide bonds. The highest BCUT2D eigenvalue weighted by atomic mass is 16.5. The van der Waals surface area contributed by atoms with E-state index in [0.29, 0.717) is 6.42 Å². The summed E-state index contributed by atoms with van der Waals surface area (Å²) in [7, 11) is 0.